The number of fused-ring (bicyclic) bond motifs is 5. The molecule has 7 heteroatoms. The van der Waals surface area contributed by atoms with Gasteiger partial charge in [-0.1, -0.05) is 19.9 Å². The number of ketones is 1. The van der Waals surface area contributed by atoms with Crippen LogP contribution in [0, 0.1) is 40.4 Å². The molecule has 0 amide bonds. The number of hydrogen-bond donors (Lipinski definition) is 1. The molecule has 0 bridgehead atoms. The number of rotatable bonds is 3. The average molecular weight is 515 g/mol. The van der Waals surface area contributed by atoms with Gasteiger partial charge in [-0.15, -0.1) is 0 Å². The fourth-order valence-electron chi connectivity index (χ4n) is 10.7. The Morgan fingerprint density at radius 2 is 1.95 bits per heavy atom. The standard InChI is InChI=1S/C30H42O7/c1-15(21-14-27(4)29(6,37-27)25(33)35-21)24-20(34-16(2)31)13-19-17-12-23-30(36-23)10-7-8-22(32)28(30,5)18(17)9-11-26(19,24)3/h7-8,15,17-21,23-25,33H,9-14H2,1-6H3/t15-,17-,18+,19+,20-,21-,23-,24+,25-,26+,27+,28+,29-,30-/m1/s1. The maximum absolute atomic E-state index is 13.4. The maximum atomic E-state index is 13.4. The number of allylic oxidation sites excluding steroid dienone is 1. The molecule has 7 aliphatic rings. The Morgan fingerprint density at radius 1 is 1.19 bits per heavy atom. The number of carbonyl (C=O) groups excluding carboxylic acids is 2. The second-order valence-electron chi connectivity index (χ2n) is 14.3. The van der Waals surface area contributed by atoms with Crippen molar-refractivity contribution in [3.63, 3.8) is 0 Å². The summed E-state index contributed by atoms with van der Waals surface area (Å²) >= 11 is 0. The van der Waals surface area contributed by atoms with Crippen LogP contribution in [0.4, 0.5) is 0 Å². The average Bonchev–Trinajstić information content (AvgIpc) is 3.63. The van der Waals surface area contributed by atoms with E-state index in [1.807, 2.05) is 13.0 Å². The van der Waals surface area contributed by atoms with E-state index in [1.54, 1.807) is 6.08 Å². The lowest BCUT2D eigenvalue weighted by molar-refractivity contribution is -0.208. The maximum Gasteiger partial charge on any atom is 0.302 e. The third-order valence-corrected chi connectivity index (χ3v) is 12.9. The van der Waals surface area contributed by atoms with Crippen LogP contribution in [0.3, 0.4) is 0 Å². The summed E-state index contributed by atoms with van der Waals surface area (Å²) in [7, 11) is 0. The Morgan fingerprint density at radius 3 is 2.65 bits per heavy atom. The summed E-state index contributed by atoms with van der Waals surface area (Å²) in [6.45, 7) is 12.2. The number of esters is 1. The molecule has 14 atom stereocenters. The summed E-state index contributed by atoms with van der Waals surface area (Å²) < 4.78 is 24.7. The summed E-state index contributed by atoms with van der Waals surface area (Å²) in [5.74, 6) is 1.14. The lowest BCUT2D eigenvalue weighted by Gasteiger charge is -2.57. The molecule has 7 rings (SSSR count). The lowest BCUT2D eigenvalue weighted by Crippen LogP contribution is -2.60. The van der Waals surface area contributed by atoms with E-state index in [4.69, 9.17) is 18.9 Å². The summed E-state index contributed by atoms with van der Waals surface area (Å²) in [5.41, 5.74) is -1.88. The molecule has 0 unspecified atom stereocenters. The number of aliphatic hydroxyl groups is 1. The highest BCUT2D eigenvalue weighted by Gasteiger charge is 2.78. The first-order valence-corrected chi connectivity index (χ1v) is 14.4. The highest BCUT2D eigenvalue weighted by Crippen LogP contribution is 2.73. The Bertz CT molecular complexity index is 1090. The van der Waals surface area contributed by atoms with E-state index in [0.29, 0.717) is 11.8 Å². The number of carbonyl (C=O) groups is 2. The molecule has 3 heterocycles. The van der Waals surface area contributed by atoms with Gasteiger partial charge in [0.1, 0.15) is 22.9 Å². The minimum absolute atomic E-state index is 0.0557. The minimum Gasteiger partial charge on any atom is -0.462 e. The molecule has 37 heavy (non-hydrogen) atoms. The van der Waals surface area contributed by atoms with Crippen LogP contribution < -0.4 is 0 Å². The molecule has 1 N–H and O–H groups in total. The highest BCUT2D eigenvalue weighted by molar-refractivity contribution is 5.97. The van der Waals surface area contributed by atoms with Gasteiger partial charge in [0, 0.05) is 19.3 Å². The molecule has 0 aromatic heterocycles. The van der Waals surface area contributed by atoms with Crippen molar-refractivity contribution in [1.29, 1.82) is 0 Å². The van der Waals surface area contributed by atoms with Crippen LogP contribution in [0.1, 0.15) is 80.1 Å². The summed E-state index contributed by atoms with van der Waals surface area (Å²) in [6.07, 6.45) is 7.91. The minimum atomic E-state index is -0.963. The van der Waals surface area contributed by atoms with Crippen molar-refractivity contribution in [2.45, 2.75) is 121 Å². The lowest BCUT2D eigenvalue weighted by atomic mass is 9.44. The summed E-state index contributed by atoms with van der Waals surface area (Å²) in [6, 6.07) is 0. The van der Waals surface area contributed by atoms with Gasteiger partial charge in [0.15, 0.2) is 12.1 Å². The van der Waals surface area contributed by atoms with Gasteiger partial charge in [0.05, 0.1) is 17.6 Å². The summed E-state index contributed by atoms with van der Waals surface area (Å²) in [5, 5.41) is 10.8. The quantitative estimate of drug-likeness (QED) is 0.450. The van der Waals surface area contributed by atoms with Crippen LogP contribution in [0.15, 0.2) is 12.2 Å². The van der Waals surface area contributed by atoms with Crippen molar-refractivity contribution in [3.8, 4) is 0 Å². The SMILES string of the molecule is CC(=O)O[C@@H]1C[C@H]2[C@@H]3C[C@H]4O[C@]45CC=CC(=O)[C@]5(C)[C@H]3CC[C@]2(C)[C@H]1[C@H](C)[C@H]1C[C@]2(C)O[C@]2(C)[C@H](O)O1. The molecule has 0 aromatic carbocycles. The van der Waals surface area contributed by atoms with Crippen molar-refractivity contribution >= 4 is 11.8 Å². The molecule has 3 saturated heterocycles. The molecular formula is C30H42O7. The van der Waals surface area contributed by atoms with E-state index in [0.717, 1.165) is 38.5 Å². The number of ether oxygens (including phenoxy) is 4. The first kappa shape index (κ1) is 24.7. The fourth-order valence-corrected chi connectivity index (χ4v) is 10.7. The number of aliphatic hydroxyl groups excluding tert-OH is 1. The molecule has 3 aliphatic heterocycles. The third kappa shape index (κ3) is 2.87. The topological polar surface area (TPSA) is 97.9 Å². The highest BCUT2D eigenvalue weighted by atomic mass is 16.7. The molecule has 3 saturated carbocycles. The first-order chi connectivity index (χ1) is 17.3. The van der Waals surface area contributed by atoms with Crippen molar-refractivity contribution in [3.05, 3.63) is 12.2 Å². The zero-order valence-corrected chi connectivity index (χ0v) is 23.0. The van der Waals surface area contributed by atoms with Gasteiger partial charge in [-0.05, 0) is 88.0 Å². The van der Waals surface area contributed by atoms with Crippen LogP contribution >= 0.6 is 0 Å². The Balaban J connectivity index is 1.22. The monoisotopic (exact) mass is 514 g/mol. The Kier molecular flexibility index (Phi) is 4.86. The van der Waals surface area contributed by atoms with Gasteiger partial charge in [-0.2, -0.15) is 0 Å². The van der Waals surface area contributed by atoms with Gasteiger partial charge in [-0.3, -0.25) is 9.59 Å². The van der Waals surface area contributed by atoms with Crippen LogP contribution in [-0.2, 0) is 28.5 Å². The van der Waals surface area contributed by atoms with Gasteiger partial charge in [-0.25, -0.2) is 0 Å². The van der Waals surface area contributed by atoms with Gasteiger partial charge in [0.2, 0.25) is 0 Å². The van der Waals surface area contributed by atoms with Crippen LogP contribution in [0.2, 0.25) is 0 Å². The first-order valence-electron chi connectivity index (χ1n) is 14.4. The zero-order chi connectivity index (χ0) is 26.3. The molecular weight excluding hydrogens is 472 g/mol. The van der Waals surface area contributed by atoms with E-state index >= 15 is 0 Å². The molecule has 0 aromatic rings. The molecule has 1 spiro atoms. The molecule has 204 valence electrons. The Hall–Kier alpha value is -1.28. The second kappa shape index (κ2) is 7.26. The largest absolute Gasteiger partial charge is 0.462 e. The zero-order valence-electron chi connectivity index (χ0n) is 23.0. The molecule has 0 radical (unpaired) electrons. The molecule has 7 nitrogen and oxygen atoms in total. The van der Waals surface area contributed by atoms with E-state index in [9.17, 15) is 14.7 Å². The predicted molar refractivity (Wildman–Crippen MR) is 133 cm³/mol. The van der Waals surface area contributed by atoms with E-state index in [2.05, 4.69) is 27.7 Å². The van der Waals surface area contributed by atoms with Crippen molar-refractivity contribution < 1.29 is 33.6 Å². The van der Waals surface area contributed by atoms with Gasteiger partial charge in [0.25, 0.3) is 0 Å². The number of hydrogen-bond acceptors (Lipinski definition) is 7. The van der Waals surface area contributed by atoms with Crippen LogP contribution in [0.5, 0.6) is 0 Å². The van der Waals surface area contributed by atoms with Crippen molar-refractivity contribution in [2.24, 2.45) is 40.4 Å². The van der Waals surface area contributed by atoms with E-state index in [1.165, 1.54) is 6.92 Å². The number of epoxide rings is 2. The van der Waals surface area contributed by atoms with Crippen molar-refractivity contribution in [2.75, 3.05) is 0 Å². The van der Waals surface area contributed by atoms with E-state index < -0.39 is 22.9 Å². The van der Waals surface area contributed by atoms with Crippen LogP contribution in [0.25, 0.3) is 0 Å². The van der Waals surface area contributed by atoms with Gasteiger partial charge < -0.3 is 24.1 Å². The fraction of sp³-hybridized carbons (Fsp3) is 0.867. The van der Waals surface area contributed by atoms with Gasteiger partial charge >= 0.3 is 5.97 Å². The molecule has 4 aliphatic carbocycles. The van der Waals surface area contributed by atoms with Crippen molar-refractivity contribution in [1.82, 2.24) is 0 Å². The summed E-state index contributed by atoms with van der Waals surface area (Å²) in [4.78, 5) is 25.7. The van der Waals surface area contributed by atoms with Crippen LogP contribution in [-0.4, -0.2) is 58.3 Å². The smallest absolute Gasteiger partial charge is 0.302 e. The normalized spacial score (nSPS) is 59.8. The molecule has 6 fully saturated rings. The Labute approximate surface area is 219 Å². The van der Waals surface area contributed by atoms with E-state index in [-0.39, 0.29) is 58.8 Å². The third-order valence-electron chi connectivity index (χ3n) is 12.9. The second-order valence-corrected chi connectivity index (χ2v) is 14.3. The predicted octanol–water partition coefficient (Wildman–Crippen LogP) is 3.95.